The predicted molar refractivity (Wildman–Crippen MR) is 132 cm³/mol. The summed E-state index contributed by atoms with van der Waals surface area (Å²) in [6.07, 6.45) is 1.93. The molecule has 0 aromatic heterocycles. The fourth-order valence-electron chi connectivity index (χ4n) is 4.42. The van der Waals surface area contributed by atoms with Gasteiger partial charge in [-0.05, 0) is 47.9 Å². The van der Waals surface area contributed by atoms with Crippen molar-refractivity contribution in [2.75, 3.05) is 26.0 Å². The van der Waals surface area contributed by atoms with Gasteiger partial charge in [-0.3, -0.25) is 19.3 Å². The van der Waals surface area contributed by atoms with Crippen molar-refractivity contribution in [2.45, 2.75) is 31.7 Å². The first-order valence-corrected chi connectivity index (χ1v) is 12.6. The topological polar surface area (TPSA) is 83.9 Å². The van der Waals surface area contributed by atoms with Crippen LogP contribution in [-0.4, -0.2) is 53.5 Å². The van der Waals surface area contributed by atoms with Gasteiger partial charge in [-0.25, -0.2) is 4.39 Å². The number of rotatable bonds is 11. The lowest BCUT2D eigenvalue weighted by Crippen LogP contribution is -2.40. The summed E-state index contributed by atoms with van der Waals surface area (Å²) in [7, 11) is 1.54. The number of ketones is 2. The number of halogens is 1. The van der Waals surface area contributed by atoms with Crippen LogP contribution in [0.1, 0.15) is 47.6 Å². The van der Waals surface area contributed by atoms with Crippen LogP contribution in [0.15, 0.2) is 59.0 Å². The largest absolute Gasteiger partial charge is 0.497 e. The summed E-state index contributed by atoms with van der Waals surface area (Å²) < 4.78 is 19.9. The highest BCUT2D eigenvalue weighted by Crippen LogP contribution is 2.40. The Morgan fingerprint density at radius 1 is 1.17 bits per heavy atom. The highest BCUT2D eigenvalue weighted by Gasteiger charge is 2.40. The quantitative estimate of drug-likeness (QED) is 0.442. The molecule has 2 aromatic carbocycles. The molecule has 0 amide bonds. The molecule has 6 nitrogen and oxygen atoms in total. The molecule has 184 valence electrons. The summed E-state index contributed by atoms with van der Waals surface area (Å²) in [6, 6.07) is 12.5. The average molecular weight is 498 g/mol. The lowest BCUT2D eigenvalue weighted by Gasteiger charge is -2.36. The van der Waals surface area contributed by atoms with Gasteiger partial charge < -0.3 is 9.84 Å². The normalized spacial score (nSPS) is 17.2. The SMILES string of the molecule is COc1cccc(C(=O)CSC2=C(CC(=O)O)CN(C(C(=O)C3CC3)c3ccccc3F)CC2)c1. The van der Waals surface area contributed by atoms with Crippen LogP contribution in [0.25, 0.3) is 0 Å². The number of carbonyl (C=O) groups is 3. The Bertz CT molecular complexity index is 1160. The third-order valence-electron chi connectivity index (χ3n) is 6.36. The van der Waals surface area contributed by atoms with Crippen molar-refractivity contribution in [3.8, 4) is 5.75 Å². The summed E-state index contributed by atoms with van der Waals surface area (Å²) >= 11 is 1.34. The van der Waals surface area contributed by atoms with E-state index in [2.05, 4.69) is 0 Å². The average Bonchev–Trinajstić information content (AvgIpc) is 3.70. The number of aliphatic carboxylic acids is 1. The van der Waals surface area contributed by atoms with Crippen LogP contribution < -0.4 is 4.74 Å². The number of nitrogens with zero attached hydrogens (tertiary/aromatic N) is 1. The number of hydrogen-bond donors (Lipinski definition) is 1. The Balaban J connectivity index is 1.54. The molecule has 4 rings (SSSR count). The highest BCUT2D eigenvalue weighted by atomic mass is 32.2. The fraction of sp³-hybridized carbons (Fsp3) is 0.370. The number of benzene rings is 2. The summed E-state index contributed by atoms with van der Waals surface area (Å²) in [6.45, 7) is 0.732. The molecule has 1 aliphatic heterocycles. The van der Waals surface area contributed by atoms with Crippen molar-refractivity contribution < 1.29 is 28.6 Å². The lowest BCUT2D eigenvalue weighted by atomic mass is 9.94. The first-order valence-electron chi connectivity index (χ1n) is 11.6. The van der Waals surface area contributed by atoms with E-state index in [9.17, 15) is 23.9 Å². The summed E-state index contributed by atoms with van der Waals surface area (Å²) in [4.78, 5) is 40.3. The van der Waals surface area contributed by atoms with Crippen LogP contribution in [0.2, 0.25) is 0 Å². The van der Waals surface area contributed by atoms with Gasteiger partial charge in [0.25, 0.3) is 0 Å². The zero-order valence-electron chi connectivity index (χ0n) is 19.5. The smallest absolute Gasteiger partial charge is 0.307 e. The van der Waals surface area contributed by atoms with E-state index < -0.39 is 17.8 Å². The van der Waals surface area contributed by atoms with Crippen molar-refractivity contribution in [3.05, 3.63) is 76.0 Å². The predicted octanol–water partition coefficient (Wildman–Crippen LogP) is 4.91. The number of carbonyl (C=O) groups excluding carboxylic acids is 2. The Kier molecular flexibility index (Phi) is 8.03. The molecule has 1 heterocycles. The van der Waals surface area contributed by atoms with E-state index in [-0.39, 0.29) is 36.2 Å². The minimum atomic E-state index is -0.977. The molecule has 1 saturated carbocycles. The van der Waals surface area contributed by atoms with Crippen LogP contribution in [0.5, 0.6) is 5.75 Å². The molecule has 1 unspecified atom stereocenters. The summed E-state index contributed by atoms with van der Waals surface area (Å²) in [5.41, 5.74) is 1.53. The summed E-state index contributed by atoms with van der Waals surface area (Å²) in [5.74, 6) is -0.791. The Labute approximate surface area is 208 Å². The van der Waals surface area contributed by atoms with Crippen LogP contribution >= 0.6 is 11.8 Å². The molecule has 0 radical (unpaired) electrons. The van der Waals surface area contributed by atoms with Gasteiger partial charge >= 0.3 is 5.97 Å². The van der Waals surface area contributed by atoms with Crippen molar-refractivity contribution in [1.82, 2.24) is 4.90 Å². The number of methoxy groups -OCH3 is 1. The summed E-state index contributed by atoms with van der Waals surface area (Å²) in [5, 5.41) is 9.52. The van der Waals surface area contributed by atoms with E-state index in [0.29, 0.717) is 35.4 Å². The maximum absolute atomic E-state index is 14.7. The first kappa shape index (κ1) is 25.1. The van der Waals surface area contributed by atoms with Gasteiger partial charge in [0.05, 0.1) is 25.3 Å². The van der Waals surface area contributed by atoms with Gasteiger partial charge in [0.15, 0.2) is 11.6 Å². The van der Waals surface area contributed by atoms with E-state index in [1.165, 1.54) is 24.9 Å². The van der Waals surface area contributed by atoms with Crippen LogP contribution in [-0.2, 0) is 9.59 Å². The molecule has 1 aliphatic carbocycles. The van der Waals surface area contributed by atoms with Crippen molar-refractivity contribution in [1.29, 1.82) is 0 Å². The number of carboxylic acid groups (broad SMARTS) is 1. The van der Waals surface area contributed by atoms with Gasteiger partial charge in [-0.2, -0.15) is 0 Å². The van der Waals surface area contributed by atoms with Gasteiger partial charge in [0.2, 0.25) is 0 Å². The van der Waals surface area contributed by atoms with E-state index in [0.717, 1.165) is 17.7 Å². The molecule has 0 saturated heterocycles. The molecule has 0 bridgehead atoms. The number of Topliss-reactive ketones (excluding diaryl/α,β-unsaturated/α-hetero) is 2. The maximum atomic E-state index is 14.7. The Hall–Kier alpha value is -2.97. The van der Waals surface area contributed by atoms with Crippen LogP contribution in [0.4, 0.5) is 4.39 Å². The van der Waals surface area contributed by atoms with Gasteiger partial charge in [0.1, 0.15) is 11.6 Å². The number of carboxylic acids is 1. The zero-order chi connectivity index (χ0) is 24.9. The third kappa shape index (κ3) is 6.18. The molecule has 2 aliphatic rings. The van der Waals surface area contributed by atoms with E-state index in [1.54, 1.807) is 42.5 Å². The molecule has 35 heavy (non-hydrogen) atoms. The van der Waals surface area contributed by atoms with Crippen LogP contribution in [0.3, 0.4) is 0 Å². The molecule has 1 fully saturated rings. The number of hydrogen-bond acceptors (Lipinski definition) is 6. The van der Waals surface area contributed by atoms with E-state index in [4.69, 9.17) is 4.74 Å². The molecule has 1 N–H and O–H groups in total. The standard InChI is InChI=1S/C27H28FNO5S/c1-34-20-6-4-5-18(13-20)23(30)16-35-24-11-12-29(15-19(24)14-25(31)32)26(27(33)17-9-10-17)21-7-2-3-8-22(21)28/h2-8,13,17,26H,9-12,14-16H2,1H3,(H,31,32). The third-order valence-corrected chi connectivity index (χ3v) is 7.61. The molecular weight excluding hydrogens is 469 g/mol. The second-order valence-electron chi connectivity index (χ2n) is 8.86. The van der Waals surface area contributed by atoms with Crippen LogP contribution in [0, 0.1) is 11.7 Å². The Morgan fingerprint density at radius 3 is 2.63 bits per heavy atom. The minimum absolute atomic E-state index is 0.00548. The number of thioether (sulfide) groups is 1. The second kappa shape index (κ2) is 11.2. The number of ether oxygens (including phenoxy) is 1. The fourth-order valence-corrected chi connectivity index (χ4v) is 5.46. The van der Waals surface area contributed by atoms with Gasteiger partial charge in [-0.1, -0.05) is 30.3 Å². The van der Waals surface area contributed by atoms with Gasteiger partial charge in [-0.15, -0.1) is 11.8 Å². The highest BCUT2D eigenvalue weighted by molar-refractivity contribution is 8.03. The van der Waals surface area contributed by atoms with Gasteiger partial charge in [0, 0.05) is 30.1 Å². The molecule has 8 heteroatoms. The van der Waals surface area contributed by atoms with Crippen molar-refractivity contribution in [3.63, 3.8) is 0 Å². The Morgan fingerprint density at radius 2 is 1.94 bits per heavy atom. The minimum Gasteiger partial charge on any atom is -0.497 e. The maximum Gasteiger partial charge on any atom is 0.307 e. The molecule has 2 aromatic rings. The molecule has 0 spiro atoms. The lowest BCUT2D eigenvalue weighted by molar-refractivity contribution is -0.136. The second-order valence-corrected chi connectivity index (χ2v) is 9.93. The molecular formula is C27H28FNO5S. The van der Waals surface area contributed by atoms with E-state index >= 15 is 0 Å². The van der Waals surface area contributed by atoms with E-state index in [1.807, 2.05) is 4.90 Å². The first-order chi connectivity index (χ1) is 16.9. The van der Waals surface area contributed by atoms with Crippen molar-refractivity contribution >= 4 is 29.3 Å². The molecule has 1 atom stereocenters. The monoisotopic (exact) mass is 497 g/mol. The van der Waals surface area contributed by atoms with Crippen molar-refractivity contribution in [2.24, 2.45) is 5.92 Å². The zero-order valence-corrected chi connectivity index (χ0v) is 20.4.